The lowest BCUT2D eigenvalue weighted by molar-refractivity contribution is 0.0697. The molecule has 20 heavy (non-hydrogen) atoms. The first-order valence-corrected chi connectivity index (χ1v) is 6.65. The fraction of sp³-hybridized carbons (Fsp3) is 0.286. The number of carboxylic acid groups (broad SMARTS) is 1. The number of aryl methyl sites for hydroxylation is 1. The third-order valence-electron chi connectivity index (χ3n) is 2.76. The molecule has 0 unspecified atom stereocenters. The van der Waals surface area contributed by atoms with Gasteiger partial charge in [0.15, 0.2) is 5.75 Å². The van der Waals surface area contributed by atoms with Crippen molar-refractivity contribution in [3.8, 4) is 5.75 Å². The summed E-state index contributed by atoms with van der Waals surface area (Å²) in [7, 11) is 0. The number of aromatic carboxylic acids is 1. The molecule has 0 amide bonds. The Balaban J connectivity index is 2.01. The minimum Gasteiger partial charge on any atom is -0.486 e. The maximum atomic E-state index is 10.8. The largest absolute Gasteiger partial charge is 0.486 e. The summed E-state index contributed by atoms with van der Waals surface area (Å²) in [5.41, 5.74) is 0.898. The number of hydrogen-bond donors (Lipinski definition) is 1. The second-order valence-electron chi connectivity index (χ2n) is 4.34. The zero-order valence-electron chi connectivity index (χ0n) is 11.0. The monoisotopic (exact) mass is 294 g/mol. The van der Waals surface area contributed by atoms with E-state index in [1.165, 1.54) is 12.1 Å². The summed E-state index contributed by atoms with van der Waals surface area (Å²) in [6, 6.07) is 4.58. The van der Waals surface area contributed by atoms with Gasteiger partial charge in [0.05, 0.1) is 18.0 Å². The number of carbonyl (C=O) groups is 1. The average molecular weight is 295 g/mol. The summed E-state index contributed by atoms with van der Waals surface area (Å²) in [5.74, 6) is -0.336. The zero-order valence-corrected chi connectivity index (χ0v) is 11.8. The molecule has 2 rings (SSSR count). The van der Waals surface area contributed by atoms with Gasteiger partial charge >= 0.3 is 5.97 Å². The molecule has 0 aliphatic carbocycles. The standard InChI is InChI=1S/C14H15ClN2O3/c1-2-5-17-8-12(7-16-17)20-9-11-4-3-10(14(18)19)6-13(11)15/h3-4,6-8H,2,5,9H2,1H3,(H,18,19). The smallest absolute Gasteiger partial charge is 0.335 e. The number of ether oxygens (including phenoxy) is 1. The Hall–Kier alpha value is -2.01. The lowest BCUT2D eigenvalue weighted by Crippen LogP contribution is -2.00. The Morgan fingerprint density at radius 3 is 2.95 bits per heavy atom. The van der Waals surface area contributed by atoms with Crippen LogP contribution < -0.4 is 4.74 Å². The Kier molecular flexibility index (Phi) is 4.63. The number of benzene rings is 1. The third-order valence-corrected chi connectivity index (χ3v) is 3.11. The van der Waals surface area contributed by atoms with Gasteiger partial charge in [0, 0.05) is 17.1 Å². The van der Waals surface area contributed by atoms with Crippen molar-refractivity contribution in [1.29, 1.82) is 0 Å². The van der Waals surface area contributed by atoms with Crippen LogP contribution in [0.25, 0.3) is 0 Å². The maximum Gasteiger partial charge on any atom is 0.335 e. The number of hydrogen-bond acceptors (Lipinski definition) is 3. The Morgan fingerprint density at radius 1 is 1.50 bits per heavy atom. The molecule has 1 N–H and O–H groups in total. The first kappa shape index (κ1) is 14.4. The van der Waals surface area contributed by atoms with Crippen LogP contribution in [0.15, 0.2) is 30.6 Å². The highest BCUT2D eigenvalue weighted by atomic mass is 35.5. The van der Waals surface area contributed by atoms with Crippen molar-refractivity contribution >= 4 is 17.6 Å². The molecular formula is C14H15ClN2O3. The van der Waals surface area contributed by atoms with Crippen LogP contribution in [-0.4, -0.2) is 20.9 Å². The Bertz CT molecular complexity index is 610. The highest BCUT2D eigenvalue weighted by molar-refractivity contribution is 6.31. The van der Waals surface area contributed by atoms with Crippen LogP contribution in [0.1, 0.15) is 29.3 Å². The molecule has 0 saturated heterocycles. The van der Waals surface area contributed by atoms with Gasteiger partial charge in [-0.3, -0.25) is 4.68 Å². The second-order valence-corrected chi connectivity index (χ2v) is 4.75. The zero-order chi connectivity index (χ0) is 14.5. The summed E-state index contributed by atoms with van der Waals surface area (Å²) in [6.07, 6.45) is 4.47. The third kappa shape index (κ3) is 3.51. The number of aromatic nitrogens is 2. The van der Waals surface area contributed by atoms with Gasteiger partial charge < -0.3 is 9.84 Å². The van der Waals surface area contributed by atoms with E-state index in [0.717, 1.165) is 18.5 Å². The van der Waals surface area contributed by atoms with E-state index >= 15 is 0 Å². The van der Waals surface area contributed by atoms with Gasteiger partial charge in [0.2, 0.25) is 0 Å². The molecule has 1 aromatic carbocycles. The van der Waals surface area contributed by atoms with Crippen molar-refractivity contribution in [3.05, 3.63) is 46.7 Å². The fourth-order valence-corrected chi connectivity index (χ4v) is 1.96. The van der Waals surface area contributed by atoms with E-state index in [1.807, 2.05) is 10.9 Å². The van der Waals surface area contributed by atoms with Crippen molar-refractivity contribution in [1.82, 2.24) is 9.78 Å². The number of rotatable bonds is 6. The molecule has 0 aliphatic heterocycles. The molecule has 0 spiro atoms. The van der Waals surface area contributed by atoms with Crippen LogP contribution in [0, 0.1) is 0 Å². The normalized spacial score (nSPS) is 10.5. The van der Waals surface area contributed by atoms with Crippen molar-refractivity contribution < 1.29 is 14.6 Å². The fourth-order valence-electron chi connectivity index (χ4n) is 1.73. The van der Waals surface area contributed by atoms with Gasteiger partial charge in [-0.1, -0.05) is 24.6 Å². The highest BCUT2D eigenvalue weighted by Gasteiger charge is 2.08. The van der Waals surface area contributed by atoms with E-state index in [-0.39, 0.29) is 12.2 Å². The van der Waals surface area contributed by atoms with Crippen molar-refractivity contribution in [2.24, 2.45) is 0 Å². The van der Waals surface area contributed by atoms with Gasteiger partial charge in [0.25, 0.3) is 0 Å². The van der Waals surface area contributed by atoms with Gasteiger partial charge in [-0.05, 0) is 18.6 Å². The molecular weight excluding hydrogens is 280 g/mol. The molecule has 5 nitrogen and oxygen atoms in total. The van der Waals surface area contributed by atoms with Crippen LogP contribution in [0.2, 0.25) is 5.02 Å². The SMILES string of the molecule is CCCn1cc(OCc2ccc(C(=O)O)cc2Cl)cn1. The van der Waals surface area contributed by atoms with E-state index in [9.17, 15) is 4.79 Å². The molecule has 1 heterocycles. The molecule has 106 valence electrons. The number of carboxylic acids is 1. The van der Waals surface area contributed by atoms with Gasteiger partial charge in [0.1, 0.15) is 6.61 Å². The second kappa shape index (κ2) is 6.43. The van der Waals surface area contributed by atoms with Crippen molar-refractivity contribution in [3.63, 3.8) is 0 Å². The van der Waals surface area contributed by atoms with Gasteiger partial charge in [-0.25, -0.2) is 4.79 Å². The van der Waals surface area contributed by atoms with E-state index < -0.39 is 5.97 Å². The van der Waals surface area contributed by atoms with E-state index in [4.69, 9.17) is 21.4 Å². The summed E-state index contributed by atoms with van der Waals surface area (Å²) < 4.78 is 7.40. The van der Waals surface area contributed by atoms with Gasteiger partial charge in [-0.15, -0.1) is 0 Å². The minimum atomic E-state index is -1.000. The van der Waals surface area contributed by atoms with Crippen LogP contribution in [0.3, 0.4) is 0 Å². The molecule has 6 heteroatoms. The Morgan fingerprint density at radius 2 is 2.30 bits per heavy atom. The number of nitrogens with zero attached hydrogens (tertiary/aromatic N) is 2. The lowest BCUT2D eigenvalue weighted by atomic mass is 10.1. The highest BCUT2D eigenvalue weighted by Crippen LogP contribution is 2.20. The molecule has 0 radical (unpaired) electrons. The summed E-state index contributed by atoms with van der Waals surface area (Å²) >= 11 is 6.03. The summed E-state index contributed by atoms with van der Waals surface area (Å²) in [4.78, 5) is 10.8. The van der Waals surface area contributed by atoms with Crippen LogP contribution in [-0.2, 0) is 13.2 Å². The van der Waals surface area contributed by atoms with Crippen LogP contribution in [0.4, 0.5) is 0 Å². The van der Waals surface area contributed by atoms with E-state index in [2.05, 4.69) is 12.0 Å². The average Bonchev–Trinajstić information content (AvgIpc) is 2.85. The van der Waals surface area contributed by atoms with Crippen molar-refractivity contribution in [2.75, 3.05) is 0 Å². The lowest BCUT2D eigenvalue weighted by Gasteiger charge is -2.06. The van der Waals surface area contributed by atoms with E-state index in [0.29, 0.717) is 10.8 Å². The predicted molar refractivity (Wildman–Crippen MR) is 75.3 cm³/mol. The molecule has 0 atom stereocenters. The van der Waals surface area contributed by atoms with Crippen LogP contribution in [0.5, 0.6) is 5.75 Å². The van der Waals surface area contributed by atoms with E-state index in [1.54, 1.807) is 12.3 Å². The summed E-state index contributed by atoms with van der Waals surface area (Å²) in [6.45, 7) is 3.19. The van der Waals surface area contributed by atoms with Crippen molar-refractivity contribution in [2.45, 2.75) is 26.5 Å². The molecule has 0 bridgehead atoms. The maximum absolute atomic E-state index is 10.8. The molecule has 1 aromatic heterocycles. The molecule has 0 saturated carbocycles. The first-order chi connectivity index (χ1) is 9.60. The van der Waals surface area contributed by atoms with Gasteiger partial charge in [-0.2, -0.15) is 5.10 Å². The predicted octanol–water partition coefficient (Wildman–Crippen LogP) is 3.22. The topological polar surface area (TPSA) is 64.3 Å². The quantitative estimate of drug-likeness (QED) is 0.888. The molecule has 0 aliphatic rings. The summed E-state index contributed by atoms with van der Waals surface area (Å²) in [5, 5.41) is 13.4. The minimum absolute atomic E-state index is 0.162. The number of halogens is 1. The first-order valence-electron chi connectivity index (χ1n) is 6.27. The molecule has 0 fully saturated rings. The Labute approximate surface area is 121 Å². The van der Waals surface area contributed by atoms with Crippen LogP contribution >= 0.6 is 11.6 Å². The molecule has 2 aromatic rings.